The Labute approximate surface area is 211 Å². The fraction of sp³-hybridized carbons (Fsp3) is 0.600. The first-order chi connectivity index (χ1) is 16.3. The number of unbranched alkanes of at least 4 members (excludes halogenated alkanes) is 1. The topological polar surface area (TPSA) is 78.6 Å². The van der Waals surface area contributed by atoms with E-state index in [0.29, 0.717) is 46.8 Å². The molecule has 7 nitrogen and oxygen atoms in total. The van der Waals surface area contributed by atoms with Crippen molar-refractivity contribution < 1.29 is 9.53 Å². The van der Waals surface area contributed by atoms with Gasteiger partial charge in [0.15, 0.2) is 0 Å². The number of hydrogen-bond donors (Lipinski definition) is 0. The van der Waals surface area contributed by atoms with Crippen molar-refractivity contribution in [3.8, 4) is 6.07 Å². The number of hydrogen-bond acceptors (Lipinski definition) is 7. The van der Waals surface area contributed by atoms with Crippen LogP contribution in [-0.2, 0) is 16.1 Å². The molecule has 0 aromatic carbocycles. The van der Waals surface area contributed by atoms with Crippen molar-refractivity contribution in [2.75, 3.05) is 38.3 Å². The van der Waals surface area contributed by atoms with Gasteiger partial charge in [-0.15, -0.1) is 0 Å². The van der Waals surface area contributed by atoms with Crippen LogP contribution in [0.15, 0.2) is 9.70 Å². The molecule has 1 atom stereocenters. The second-order valence-electron chi connectivity index (χ2n) is 9.03. The predicted octanol–water partition coefficient (Wildman–Crippen LogP) is 4.30. The highest BCUT2D eigenvalue weighted by molar-refractivity contribution is 8.26. The number of methoxy groups -OCH3 is 1. The SMILES string of the molecule is CCCCn1c(N2CCCC(C)C2)c(C=C2SC(=S)N(CCCOC)C2=O)c(C)c(C#N)c1=O. The lowest BCUT2D eigenvalue weighted by molar-refractivity contribution is -0.122. The summed E-state index contributed by atoms with van der Waals surface area (Å²) in [7, 11) is 1.64. The van der Waals surface area contributed by atoms with E-state index in [2.05, 4.69) is 24.8 Å². The van der Waals surface area contributed by atoms with E-state index in [0.717, 1.165) is 50.2 Å². The van der Waals surface area contributed by atoms with Gasteiger partial charge in [-0.25, -0.2) is 0 Å². The maximum atomic E-state index is 13.4. The van der Waals surface area contributed by atoms with E-state index >= 15 is 0 Å². The number of pyridine rings is 1. The molecule has 3 heterocycles. The van der Waals surface area contributed by atoms with Crippen LogP contribution >= 0.6 is 24.0 Å². The normalized spacial score (nSPS) is 19.9. The van der Waals surface area contributed by atoms with Gasteiger partial charge in [-0.2, -0.15) is 5.26 Å². The second-order valence-corrected chi connectivity index (χ2v) is 10.7. The van der Waals surface area contributed by atoms with Crippen molar-refractivity contribution in [1.29, 1.82) is 5.26 Å². The molecule has 34 heavy (non-hydrogen) atoms. The van der Waals surface area contributed by atoms with Crippen LogP contribution in [0.3, 0.4) is 0 Å². The van der Waals surface area contributed by atoms with E-state index < -0.39 is 0 Å². The van der Waals surface area contributed by atoms with Crippen molar-refractivity contribution in [2.45, 2.75) is 59.4 Å². The molecule has 1 amide bonds. The molecule has 2 fully saturated rings. The Balaban J connectivity index is 2.15. The van der Waals surface area contributed by atoms with Gasteiger partial charge < -0.3 is 9.64 Å². The van der Waals surface area contributed by atoms with Gasteiger partial charge in [0.2, 0.25) is 0 Å². The average Bonchev–Trinajstić information content (AvgIpc) is 3.07. The molecule has 1 unspecified atom stereocenters. The molecule has 0 spiro atoms. The number of ether oxygens (including phenoxy) is 1. The first-order valence-corrected chi connectivity index (χ1v) is 13.2. The lowest BCUT2D eigenvalue weighted by Gasteiger charge is -2.36. The number of piperidine rings is 1. The fourth-order valence-electron chi connectivity index (χ4n) is 4.58. The zero-order valence-corrected chi connectivity index (χ0v) is 22.2. The van der Waals surface area contributed by atoms with E-state index in [4.69, 9.17) is 17.0 Å². The third-order valence-corrected chi connectivity index (χ3v) is 7.80. The summed E-state index contributed by atoms with van der Waals surface area (Å²) in [5.74, 6) is 1.20. The molecule has 0 bridgehead atoms. The summed E-state index contributed by atoms with van der Waals surface area (Å²) in [6.07, 6.45) is 6.53. The molecule has 2 aliphatic rings. The summed E-state index contributed by atoms with van der Waals surface area (Å²) in [5, 5.41) is 9.82. The summed E-state index contributed by atoms with van der Waals surface area (Å²) in [6.45, 7) is 9.42. The average molecular weight is 503 g/mol. The largest absolute Gasteiger partial charge is 0.385 e. The zero-order valence-electron chi connectivity index (χ0n) is 20.6. The maximum Gasteiger partial charge on any atom is 0.270 e. The van der Waals surface area contributed by atoms with Gasteiger partial charge in [0.25, 0.3) is 11.5 Å². The molecular formula is C25H34N4O3S2. The smallest absolute Gasteiger partial charge is 0.270 e. The third kappa shape index (κ3) is 5.56. The Morgan fingerprint density at radius 3 is 2.71 bits per heavy atom. The van der Waals surface area contributed by atoms with E-state index in [1.165, 1.54) is 11.8 Å². The highest BCUT2D eigenvalue weighted by Gasteiger charge is 2.33. The number of thiocarbonyl (C=S) groups is 1. The molecule has 1 aromatic heterocycles. The Morgan fingerprint density at radius 1 is 1.29 bits per heavy atom. The molecule has 184 valence electrons. The molecule has 2 aliphatic heterocycles. The van der Waals surface area contributed by atoms with Crippen LogP contribution in [0.1, 0.15) is 62.6 Å². The maximum absolute atomic E-state index is 13.4. The van der Waals surface area contributed by atoms with Crippen molar-refractivity contribution >= 4 is 46.1 Å². The number of aromatic nitrogens is 1. The van der Waals surface area contributed by atoms with Crippen LogP contribution in [0.5, 0.6) is 0 Å². The highest BCUT2D eigenvalue weighted by atomic mass is 32.2. The number of thioether (sulfide) groups is 1. The molecule has 2 saturated heterocycles. The van der Waals surface area contributed by atoms with Crippen molar-refractivity contribution in [3.05, 3.63) is 31.9 Å². The van der Waals surface area contributed by atoms with Crippen LogP contribution in [0.4, 0.5) is 5.82 Å². The lowest BCUT2D eigenvalue weighted by Crippen LogP contribution is -2.40. The zero-order chi connectivity index (χ0) is 24.8. The molecule has 0 N–H and O–H groups in total. The number of nitrogens with zero attached hydrogens (tertiary/aromatic N) is 4. The van der Waals surface area contributed by atoms with Gasteiger partial charge in [0, 0.05) is 45.5 Å². The van der Waals surface area contributed by atoms with Gasteiger partial charge in [0.1, 0.15) is 21.8 Å². The standard InChI is InChI=1S/C25H34N4O3S2/c1-5-6-11-28-22(27-10-7-9-17(2)16-27)19(18(3)20(15-26)23(28)30)14-21-24(31)29(25(33)34-21)12-8-13-32-4/h14,17H,5-13,16H2,1-4H3. The van der Waals surface area contributed by atoms with Gasteiger partial charge in [-0.1, -0.05) is 44.2 Å². The lowest BCUT2D eigenvalue weighted by atomic mass is 9.98. The monoisotopic (exact) mass is 502 g/mol. The van der Waals surface area contributed by atoms with E-state index in [-0.39, 0.29) is 17.0 Å². The van der Waals surface area contributed by atoms with E-state index in [1.54, 1.807) is 16.6 Å². The molecule has 0 aliphatic carbocycles. The summed E-state index contributed by atoms with van der Waals surface area (Å²) < 4.78 is 7.40. The molecular weight excluding hydrogens is 468 g/mol. The van der Waals surface area contributed by atoms with Gasteiger partial charge in [-0.05, 0) is 50.2 Å². The summed E-state index contributed by atoms with van der Waals surface area (Å²) in [5.41, 5.74) is 1.30. The number of carbonyl (C=O) groups is 1. The Kier molecular flexibility index (Phi) is 9.34. The van der Waals surface area contributed by atoms with E-state index in [1.807, 2.05) is 13.0 Å². The first kappa shape index (κ1) is 26.5. The minimum absolute atomic E-state index is 0.131. The van der Waals surface area contributed by atoms with Gasteiger partial charge >= 0.3 is 0 Å². The number of anilines is 1. The Morgan fingerprint density at radius 2 is 2.06 bits per heavy atom. The van der Waals surface area contributed by atoms with Crippen LogP contribution in [-0.4, -0.2) is 53.0 Å². The Hall–Kier alpha value is -2.15. The fourth-order valence-corrected chi connectivity index (χ4v) is 5.87. The van der Waals surface area contributed by atoms with Crippen LogP contribution in [0.25, 0.3) is 6.08 Å². The van der Waals surface area contributed by atoms with Crippen molar-refractivity contribution in [2.24, 2.45) is 5.92 Å². The number of amides is 1. The van der Waals surface area contributed by atoms with Gasteiger partial charge in [0.05, 0.1) is 4.91 Å². The number of rotatable bonds is 9. The van der Waals surface area contributed by atoms with Crippen LogP contribution in [0, 0.1) is 24.2 Å². The van der Waals surface area contributed by atoms with Crippen molar-refractivity contribution in [3.63, 3.8) is 0 Å². The Bertz CT molecular complexity index is 1070. The summed E-state index contributed by atoms with van der Waals surface area (Å²) in [4.78, 5) is 31.0. The van der Waals surface area contributed by atoms with Crippen LogP contribution < -0.4 is 10.5 Å². The molecule has 0 saturated carbocycles. The summed E-state index contributed by atoms with van der Waals surface area (Å²) in [6, 6.07) is 2.12. The van der Waals surface area contributed by atoms with E-state index in [9.17, 15) is 14.9 Å². The third-order valence-electron chi connectivity index (χ3n) is 6.42. The minimum atomic E-state index is -0.244. The highest BCUT2D eigenvalue weighted by Crippen LogP contribution is 2.37. The first-order valence-electron chi connectivity index (χ1n) is 12.0. The molecule has 1 aromatic rings. The molecule has 9 heteroatoms. The predicted molar refractivity (Wildman–Crippen MR) is 142 cm³/mol. The molecule has 0 radical (unpaired) electrons. The minimum Gasteiger partial charge on any atom is -0.385 e. The number of carbonyl (C=O) groups excluding carboxylic acids is 1. The quantitative estimate of drug-likeness (QED) is 0.283. The second kappa shape index (κ2) is 12.0. The summed E-state index contributed by atoms with van der Waals surface area (Å²) >= 11 is 6.77. The van der Waals surface area contributed by atoms with Crippen LogP contribution in [0.2, 0.25) is 0 Å². The number of nitriles is 1. The van der Waals surface area contributed by atoms with Gasteiger partial charge in [-0.3, -0.25) is 19.1 Å². The van der Waals surface area contributed by atoms with Crippen molar-refractivity contribution in [1.82, 2.24) is 9.47 Å². The molecule has 3 rings (SSSR count).